The van der Waals surface area contributed by atoms with Gasteiger partial charge in [-0.15, -0.1) is 0 Å². The zero-order chi connectivity index (χ0) is 32.8. The van der Waals surface area contributed by atoms with Gasteiger partial charge in [-0.25, -0.2) is 0 Å². The first-order valence-corrected chi connectivity index (χ1v) is 18.1. The molecule has 8 rings (SSSR count). The van der Waals surface area contributed by atoms with Crippen LogP contribution >= 0.6 is 0 Å². The maximum absolute atomic E-state index is 14.5. The second-order valence-electron chi connectivity index (χ2n) is 18.2. The number of aliphatic hydroxyl groups excluding tert-OH is 1. The van der Waals surface area contributed by atoms with Crippen molar-refractivity contribution in [3.63, 3.8) is 0 Å². The van der Waals surface area contributed by atoms with Crippen molar-refractivity contribution in [3.8, 4) is 5.75 Å². The van der Waals surface area contributed by atoms with Crippen LogP contribution in [0, 0.1) is 34.0 Å². The van der Waals surface area contributed by atoms with Gasteiger partial charge in [0, 0.05) is 23.5 Å². The fourth-order valence-electron chi connectivity index (χ4n) is 13.0. The van der Waals surface area contributed by atoms with Crippen LogP contribution in [0.2, 0.25) is 0 Å². The lowest BCUT2D eigenvalue weighted by Crippen LogP contribution is -2.56. The van der Waals surface area contributed by atoms with Crippen molar-refractivity contribution in [2.24, 2.45) is 34.0 Å². The average Bonchev–Trinajstić information content (AvgIpc) is 3.31. The minimum absolute atomic E-state index is 0.0124. The van der Waals surface area contributed by atoms with Gasteiger partial charge in [0.15, 0.2) is 5.78 Å². The number of carbonyl (C=O) groups excluding carboxylic acids is 3. The Morgan fingerprint density at radius 2 is 1.52 bits per heavy atom. The predicted octanol–water partition coefficient (Wildman–Crippen LogP) is 7.91. The minimum atomic E-state index is -1.15. The number of esters is 2. The molecule has 5 aliphatic carbocycles. The standard InChI is InChI=1S/C40H52O6/c1-22-24(20-30-38(7)18-13-28-35(2,3)15-9-17-40(28,30)34(44)46-38)39(19-12-25(22)41)32-27(45-33(39)43)11-10-23-31(32)26(42)21-29-36(4,5)14-8-16-37(23,29)6/h10-11,25,28-30,41H,8-9,12-21H2,1-7H3/t25?,28-,29+,30+,37-,38-,39+,40-/m1/s1. The number of rotatable bonds is 2. The molecule has 1 unspecified atom stereocenters. The second-order valence-corrected chi connectivity index (χ2v) is 18.2. The lowest BCUT2D eigenvalue weighted by Gasteiger charge is -2.56. The van der Waals surface area contributed by atoms with Crippen molar-refractivity contribution in [1.82, 2.24) is 0 Å². The monoisotopic (exact) mass is 628 g/mol. The maximum atomic E-state index is 14.5. The molecule has 1 saturated heterocycles. The van der Waals surface area contributed by atoms with Gasteiger partial charge in [-0.1, -0.05) is 53.5 Å². The van der Waals surface area contributed by atoms with Gasteiger partial charge >= 0.3 is 11.9 Å². The zero-order valence-electron chi connectivity index (χ0n) is 28.9. The molecule has 1 N–H and O–H groups in total. The molecule has 1 aromatic carbocycles. The molecule has 6 heteroatoms. The second kappa shape index (κ2) is 9.36. The number of benzene rings is 1. The summed E-state index contributed by atoms with van der Waals surface area (Å²) in [7, 11) is 0. The van der Waals surface area contributed by atoms with E-state index in [4.69, 9.17) is 9.47 Å². The molecule has 2 bridgehead atoms. The average molecular weight is 629 g/mol. The van der Waals surface area contributed by atoms with Crippen LogP contribution in [-0.2, 0) is 25.2 Å². The Labute approximate surface area is 274 Å². The van der Waals surface area contributed by atoms with Crippen molar-refractivity contribution < 1.29 is 29.0 Å². The summed E-state index contributed by atoms with van der Waals surface area (Å²) in [6.07, 6.45) is 8.93. The van der Waals surface area contributed by atoms with E-state index >= 15 is 0 Å². The molecule has 4 fully saturated rings. The van der Waals surface area contributed by atoms with Gasteiger partial charge in [-0.05, 0) is 122 Å². The van der Waals surface area contributed by atoms with Crippen LogP contribution in [0.4, 0.5) is 0 Å². The molecule has 2 spiro atoms. The SMILES string of the molecule is CC1=C(C[C@@H]2[C@@]34CCCC(C)(C)[C@H]3CC[C@@]2(C)OC4=O)[C@]2(CCC1O)C(=O)Oc1ccc3c(c12)C(=O)C[C@H]1C(C)(C)CCC[C@]31C. The van der Waals surface area contributed by atoms with Crippen LogP contribution in [0.5, 0.6) is 5.75 Å². The van der Waals surface area contributed by atoms with Crippen molar-refractivity contribution >= 4 is 17.7 Å². The third-order valence-corrected chi connectivity index (χ3v) is 15.3. The third kappa shape index (κ3) is 3.61. The van der Waals surface area contributed by atoms with E-state index in [9.17, 15) is 19.5 Å². The first-order valence-electron chi connectivity index (χ1n) is 18.1. The predicted molar refractivity (Wildman–Crippen MR) is 175 cm³/mol. The van der Waals surface area contributed by atoms with E-state index in [-0.39, 0.29) is 51.7 Å². The van der Waals surface area contributed by atoms with E-state index in [1.165, 1.54) is 0 Å². The highest BCUT2D eigenvalue weighted by molar-refractivity contribution is 6.07. The van der Waals surface area contributed by atoms with Crippen LogP contribution in [0.1, 0.15) is 147 Å². The van der Waals surface area contributed by atoms with E-state index in [2.05, 4.69) is 47.6 Å². The van der Waals surface area contributed by atoms with E-state index in [0.29, 0.717) is 37.0 Å². The number of hydrogen-bond donors (Lipinski definition) is 1. The van der Waals surface area contributed by atoms with Crippen molar-refractivity contribution in [2.75, 3.05) is 0 Å². The molecule has 0 radical (unpaired) electrons. The topological polar surface area (TPSA) is 89.9 Å². The van der Waals surface area contributed by atoms with Gasteiger partial charge in [-0.3, -0.25) is 14.4 Å². The quantitative estimate of drug-likeness (QED) is 0.203. The van der Waals surface area contributed by atoms with Crippen LogP contribution in [-0.4, -0.2) is 34.5 Å². The molecule has 7 aliphatic rings. The molecule has 46 heavy (non-hydrogen) atoms. The molecule has 0 amide bonds. The van der Waals surface area contributed by atoms with Gasteiger partial charge in [0.05, 0.1) is 11.5 Å². The molecular weight excluding hydrogens is 576 g/mol. The number of fused-ring (bicyclic) bond motifs is 7. The van der Waals surface area contributed by atoms with Crippen LogP contribution in [0.3, 0.4) is 0 Å². The van der Waals surface area contributed by atoms with E-state index in [1.807, 2.05) is 13.0 Å². The van der Waals surface area contributed by atoms with E-state index < -0.39 is 22.5 Å². The van der Waals surface area contributed by atoms with Crippen molar-refractivity contribution in [3.05, 3.63) is 40.0 Å². The van der Waals surface area contributed by atoms with Gasteiger partial charge < -0.3 is 14.6 Å². The Morgan fingerprint density at radius 3 is 2.26 bits per heavy atom. The summed E-state index contributed by atoms with van der Waals surface area (Å²) < 4.78 is 12.6. The lowest BCUT2D eigenvalue weighted by molar-refractivity contribution is -0.156. The first-order chi connectivity index (χ1) is 21.5. The molecule has 1 aromatic rings. The highest BCUT2D eigenvalue weighted by Gasteiger charge is 2.72. The molecule has 2 heterocycles. The highest BCUT2D eigenvalue weighted by Crippen LogP contribution is 2.70. The Balaban J connectivity index is 1.32. The van der Waals surface area contributed by atoms with Crippen molar-refractivity contribution in [1.29, 1.82) is 0 Å². The normalized spacial score (nSPS) is 43.4. The molecule has 248 valence electrons. The summed E-state index contributed by atoms with van der Waals surface area (Å²) in [5, 5.41) is 11.4. The van der Waals surface area contributed by atoms with Crippen LogP contribution in [0.15, 0.2) is 23.3 Å². The summed E-state index contributed by atoms with van der Waals surface area (Å²) in [4.78, 5) is 43.1. The summed E-state index contributed by atoms with van der Waals surface area (Å²) in [6, 6.07) is 4.01. The Kier molecular flexibility index (Phi) is 6.27. The van der Waals surface area contributed by atoms with E-state index in [1.54, 1.807) is 0 Å². The zero-order valence-corrected chi connectivity index (χ0v) is 28.9. The molecule has 2 aliphatic heterocycles. The first kappa shape index (κ1) is 30.8. The number of aliphatic hydroxyl groups is 1. The van der Waals surface area contributed by atoms with Gasteiger partial charge in [-0.2, -0.15) is 0 Å². The summed E-state index contributed by atoms with van der Waals surface area (Å²) in [5.41, 5.74) is 1.65. The minimum Gasteiger partial charge on any atom is -0.459 e. The maximum Gasteiger partial charge on any atom is 0.326 e. The number of hydrogen-bond acceptors (Lipinski definition) is 6. The highest BCUT2D eigenvalue weighted by atomic mass is 16.6. The Hall–Kier alpha value is -2.47. The lowest BCUT2D eigenvalue weighted by atomic mass is 9.45. The fraction of sp³-hybridized carbons (Fsp3) is 0.725. The Morgan fingerprint density at radius 1 is 0.826 bits per heavy atom. The van der Waals surface area contributed by atoms with Gasteiger partial charge in [0.25, 0.3) is 0 Å². The van der Waals surface area contributed by atoms with Crippen LogP contribution < -0.4 is 4.74 Å². The number of ether oxygens (including phenoxy) is 2. The summed E-state index contributed by atoms with van der Waals surface area (Å²) in [5.74, 6) is 0.524. The third-order valence-electron chi connectivity index (χ3n) is 15.3. The van der Waals surface area contributed by atoms with Crippen LogP contribution in [0.25, 0.3) is 0 Å². The number of Topliss-reactive ketones (excluding diaryl/α,β-unsaturated/α-hetero) is 1. The molecule has 8 atom stereocenters. The number of carbonyl (C=O) groups is 3. The number of ketones is 1. The summed E-state index contributed by atoms with van der Waals surface area (Å²) >= 11 is 0. The molecule has 6 nitrogen and oxygen atoms in total. The molecule has 0 aromatic heterocycles. The fourth-order valence-corrected chi connectivity index (χ4v) is 13.0. The smallest absolute Gasteiger partial charge is 0.326 e. The largest absolute Gasteiger partial charge is 0.459 e. The molecular formula is C40H52O6. The van der Waals surface area contributed by atoms with E-state index in [0.717, 1.165) is 73.6 Å². The van der Waals surface area contributed by atoms with Crippen molar-refractivity contribution in [2.45, 2.75) is 148 Å². The summed E-state index contributed by atoms with van der Waals surface area (Å²) in [6.45, 7) is 15.6. The Bertz CT molecular complexity index is 1610. The van der Waals surface area contributed by atoms with Gasteiger partial charge in [0.1, 0.15) is 16.8 Å². The molecule has 3 saturated carbocycles. The van der Waals surface area contributed by atoms with Gasteiger partial charge in [0.2, 0.25) is 0 Å².